The minimum absolute atomic E-state index is 0.130. The predicted octanol–water partition coefficient (Wildman–Crippen LogP) is 5.47. The standard InChI is InChI=1S/C27H28Cl2FN3O3/c1-4-9-36-17-10-20(28)19(21(29)11-17)12-22(31)26(35)33-14-27(2,3)24-23(33)13-18(25(34)32-24)15-5-7-16(30)8-6-15/h5-8,10-11,13,22H,4,9,12,14,31H2,1-3H3,(H,32,34)/t22-/m0/s1. The fraction of sp³-hybridized carbons (Fsp3) is 0.333. The first kappa shape index (κ1) is 26.2. The Morgan fingerprint density at radius 1 is 1.19 bits per heavy atom. The van der Waals surface area contributed by atoms with Crippen molar-refractivity contribution >= 4 is 34.8 Å². The molecule has 0 bridgehead atoms. The second-order valence-electron chi connectivity index (χ2n) is 9.61. The first-order valence-corrected chi connectivity index (χ1v) is 12.5. The number of H-pyrrole nitrogens is 1. The molecule has 190 valence electrons. The van der Waals surface area contributed by atoms with E-state index in [1.165, 1.54) is 24.3 Å². The van der Waals surface area contributed by atoms with E-state index in [9.17, 15) is 14.0 Å². The van der Waals surface area contributed by atoms with Crippen LogP contribution in [0.1, 0.15) is 38.4 Å². The lowest BCUT2D eigenvalue weighted by atomic mass is 9.91. The number of anilines is 1. The number of ether oxygens (including phenoxy) is 1. The van der Waals surface area contributed by atoms with Crippen molar-refractivity contribution in [3.05, 3.63) is 79.9 Å². The fourth-order valence-corrected chi connectivity index (χ4v) is 5.05. The zero-order valence-corrected chi connectivity index (χ0v) is 21.8. The number of amides is 1. The molecule has 1 aliphatic rings. The van der Waals surface area contributed by atoms with Crippen molar-refractivity contribution in [2.75, 3.05) is 18.1 Å². The highest BCUT2D eigenvalue weighted by Crippen LogP contribution is 2.40. The number of nitrogens with two attached hydrogens (primary N) is 1. The molecule has 1 aromatic heterocycles. The molecule has 0 spiro atoms. The summed E-state index contributed by atoms with van der Waals surface area (Å²) in [5, 5.41) is 0.754. The SMILES string of the molecule is CCCOc1cc(Cl)c(C[C@H](N)C(=O)N2CC(C)(C)c3[nH]c(=O)c(-c4ccc(F)cc4)cc32)c(Cl)c1. The van der Waals surface area contributed by atoms with Gasteiger partial charge in [0, 0.05) is 33.3 Å². The van der Waals surface area contributed by atoms with E-state index >= 15 is 0 Å². The highest BCUT2D eigenvalue weighted by molar-refractivity contribution is 6.36. The summed E-state index contributed by atoms with van der Waals surface area (Å²) < 4.78 is 19.0. The molecule has 1 atom stereocenters. The second-order valence-corrected chi connectivity index (χ2v) is 10.4. The van der Waals surface area contributed by atoms with Crippen molar-refractivity contribution in [2.24, 2.45) is 5.73 Å². The molecule has 0 saturated heterocycles. The minimum Gasteiger partial charge on any atom is -0.494 e. The monoisotopic (exact) mass is 531 g/mol. The summed E-state index contributed by atoms with van der Waals surface area (Å²) in [5.74, 6) is -0.164. The lowest BCUT2D eigenvalue weighted by Crippen LogP contribution is -2.46. The van der Waals surface area contributed by atoms with Crippen molar-refractivity contribution in [1.82, 2.24) is 4.98 Å². The Hall–Kier alpha value is -2.87. The number of pyridine rings is 1. The van der Waals surface area contributed by atoms with Gasteiger partial charge in [-0.3, -0.25) is 9.59 Å². The Labute approximate surface area is 219 Å². The largest absolute Gasteiger partial charge is 0.494 e. The van der Waals surface area contributed by atoms with E-state index in [-0.39, 0.29) is 17.9 Å². The summed E-state index contributed by atoms with van der Waals surface area (Å²) in [7, 11) is 0. The molecule has 36 heavy (non-hydrogen) atoms. The maximum Gasteiger partial charge on any atom is 0.256 e. The maximum atomic E-state index is 13.6. The summed E-state index contributed by atoms with van der Waals surface area (Å²) in [4.78, 5) is 30.9. The van der Waals surface area contributed by atoms with Crippen LogP contribution < -0.4 is 20.9 Å². The Balaban J connectivity index is 1.64. The zero-order chi connectivity index (χ0) is 26.2. The topological polar surface area (TPSA) is 88.4 Å². The average Bonchev–Trinajstić information content (AvgIpc) is 3.09. The Bertz CT molecular complexity index is 1330. The summed E-state index contributed by atoms with van der Waals surface area (Å²) in [6.07, 6.45) is 0.975. The molecule has 0 aliphatic carbocycles. The van der Waals surface area contributed by atoms with E-state index in [1.54, 1.807) is 23.1 Å². The zero-order valence-electron chi connectivity index (χ0n) is 20.3. The van der Waals surface area contributed by atoms with Crippen LogP contribution in [0.25, 0.3) is 11.1 Å². The predicted molar refractivity (Wildman–Crippen MR) is 142 cm³/mol. The third kappa shape index (κ3) is 5.14. The van der Waals surface area contributed by atoms with Crippen LogP contribution in [0, 0.1) is 5.82 Å². The van der Waals surface area contributed by atoms with E-state index in [0.29, 0.717) is 57.0 Å². The number of nitrogens with zero attached hydrogens (tertiary/aromatic N) is 1. The molecule has 4 rings (SSSR count). The van der Waals surface area contributed by atoms with E-state index < -0.39 is 17.3 Å². The molecule has 1 amide bonds. The van der Waals surface area contributed by atoms with E-state index in [1.807, 2.05) is 20.8 Å². The summed E-state index contributed by atoms with van der Waals surface area (Å²) in [5.41, 5.74) is 8.23. The van der Waals surface area contributed by atoms with Crippen molar-refractivity contribution in [3.63, 3.8) is 0 Å². The van der Waals surface area contributed by atoms with Crippen molar-refractivity contribution < 1.29 is 13.9 Å². The number of carbonyl (C=O) groups excluding carboxylic acids is 1. The molecular weight excluding hydrogens is 504 g/mol. The van der Waals surface area contributed by atoms with Gasteiger partial charge in [-0.05, 0) is 54.3 Å². The molecule has 9 heteroatoms. The smallest absolute Gasteiger partial charge is 0.256 e. The van der Waals surface area contributed by atoms with E-state index in [4.69, 9.17) is 33.7 Å². The van der Waals surface area contributed by atoms with Gasteiger partial charge in [-0.2, -0.15) is 0 Å². The lowest BCUT2D eigenvalue weighted by molar-refractivity contribution is -0.119. The number of carbonyl (C=O) groups is 1. The Kier molecular flexibility index (Phi) is 7.46. The lowest BCUT2D eigenvalue weighted by Gasteiger charge is -2.24. The van der Waals surface area contributed by atoms with Crippen LogP contribution in [0.3, 0.4) is 0 Å². The fourth-order valence-electron chi connectivity index (χ4n) is 4.43. The number of halogens is 3. The highest BCUT2D eigenvalue weighted by Gasteiger charge is 2.41. The van der Waals surface area contributed by atoms with Gasteiger partial charge in [-0.1, -0.05) is 56.1 Å². The van der Waals surface area contributed by atoms with Crippen LogP contribution in [0.15, 0.2) is 47.3 Å². The second kappa shape index (κ2) is 10.2. The average molecular weight is 532 g/mol. The van der Waals surface area contributed by atoms with Gasteiger partial charge >= 0.3 is 0 Å². The summed E-state index contributed by atoms with van der Waals surface area (Å²) in [6.45, 7) is 6.76. The maximum absolute atomic E-state index is 13.6. The number of aromatic amines is 1. The number of rotatable bonds is 7. The normalized spacial score (nSPS) is 15.0. The third-order valence-electron chi connectivity index (χ3n) is 6.29. The molecule has 2 aromatic carbocycles. The van der Waals surface area contributed by atoms with Gasteiger partial charge in [0.2, 0.25) is 5.91 Å². The molecule has 6 nitrogen and oxygen atoms in total. The molecular formula is C27H28Cl2FN3O3. The first-order chi connectivity index (χ1) is 17.0. The number of nitrogens with one attached hydrogen (secondary N) is 1. The Morgan fingerprint density at radius 2 is 1.83 bits per heavy atom. The van der Waals surface area contributed by atoms with Crippen LogP contribution >= 0.6 is 23.2 Å². The number of hydrogen-bond acceptors (Lipinski definition) is 4. The van der Waals surface area contributed by atoms with Gasteiger partial charge in [0.25, 0.3) is 5.56 Å². The molecule has 0 radical (unpaired) electrons. The van der Waals surface area contributed by atoms with Crippen LogP contribution in [0.2, 0.25) is 10.0 Å². The van der Waals surface area contributed by atoms with Crippen LogP contribution in [-0.4, -0.2) is 30.1 Å². The molecule has 1 aliphatic heterocycles. The highest BCUT2D eigenvalue weighted by atomic mass is 35.5. The van der Waals surface area contributed by atoms with Gasteiger partial charge < -0.3 is 20.4 Å². The van der Waals surface area contributed by atoms with Gasteiger partial charge in [0.15, 0.2) is 0 Å². The van der Waals surface area contributed by atoms with E-state index in [0.717, 1.165) is 6.42 Å². The van der Waals surface area contributed by atoms with E-state index in [2.05, 4.69) is 4.98 Å². The number of aromatic nitrogens is 1. The number of benzene rings is 2. The first-order valence-electron chi connectivity index (χ1n) is 11.7. The number of hydrogen-bond donors (Lipinski definition) is 2. The molecule has 0 unspecified atom stereocenters. The molecule has 0 saturated carbocycles. The molecule has 2 heterocycles. The summed E-state index contributed by atoms with van der Waals surface area (Å²) >= 11 is 12.9. The van der Waals surface area contributed by atoms with Crippen molar-refractivity contribution in [3.8, 4) is 16.9 Å². The van der Waals surface area contributed by atoms with Gasteiger partial charge in [0.1, 0.15) is 11.6 Å². The van der Waals surface area contributed by atoms with Crippen LogP contribution in [-0.2, 0) is 16.6 Å². The van der Waals surface area contributed by atoms with Crippen molar-refractivity contribution in [1.29, 1.82) is 0 Å². The minimum atomic E-state index is -0.926. The molecule has 3 aromatic rings. The van der Waals surface area contributed by atoms with Crippen LogP contribution in [0.5, 0.6) is 5.75 Å². The van der Waals surface area contributed by atoms with Gasteiger partial charge in [0.05, 0.1) is 18.3 Å². The molecule has 3 N–H and O–H groups in total. The quantitative estimate of drug-likeness (QED) is 0.423. The third-order valence-corrected chi connectivity index (χ3v) is 6.97. The van der Waals surface area contributed by atoms with Crippen LogP contribution in [0.4, 0.5) is 10.1 Å². The van der Waals surface area contributed by atoms with Gasteiger partial charge in [-0.25, -0.2) is 4.39 Å². The number of fused-ring (bicyclic) bond motifs is 1. The van der Waals surface area contributed by atoms with Gasteiger partial charge in [-0.15, -0.1) is 0 Å². The summed E-state index contributed by atoms with van der Waals surface area (Å²) in [6, 6.07) is 9.72. The molecule has 0 fully saturated rings. The Morgan fingerprint density at radius 3 is 2.44 bits per heavy atom. The van der Waals surface area contributed by atoms with Crippen molar-refractivity contribution in [2.45, 2.75) is 45.1 Å².